The van der Waals surface area contributed by atoms with Crippen molar-refractivity contribution >= 4 is 56.0 Å². The standard InChI is InChI=1S/C14H16BrClINO2/c15-13-2-1-10(17)9-12(13)14(19)18-6-3-11(4-7-18)20-8-5-16/h1-2,9,11H,3-8H2. The van der Waals surface area contributed by atoms with Crippen LogP contribution in [0.3, 0.4) is 0 Å². The number of amides is 1. The number of carbonyl (C=O) groups excluding carboxylic acids is 1. The van der Waals surface area contributed by atoms with Crippen LogP contribution in [0.15, 0.2) is 22.7 Å². The van der Waals surface area contributed by atoms with Gasteiger partial charge in [-0.3, -0.25) is 4.79 Å². The summed E-state index contributed by atoms with van der Waals surface area (Å²) in [5.74, 6) is 0.611. The summed E-state index contributed by atoms with van der Waals surface area (Å²) < 4.78 is 7.54. The zero-order chi connectivity index (χ0) is 14.5. The summed E-state index contributed by atoms with van der Waals surface area (Å²) in [6, 6.07) is 5.82. The number of rotatable bonds is 4. The Bertz CT molecular complexity index is 478. The average molecular weight is 473 g/mol. The molecule has 1 heterocycles. The molecule has 1 fully saturated rings. The van der Waals surface area contributed by atoms with Crippen molar-refractivity contribution in [1.82, 2.24) is 4.90 Å². The highest BCUT2D eigenvalue weighted by molar-refractivity contribution is 14.1. The number of nitrogens with zero attached hydrogens (tertiary/aromatic N) is 1. The van der Waals surface area contributed by atoms with E-state index < -0.39 is 0 Å². The maximum absolute atomic E-state index is 12.5. The Morgan fingerprint density at radius 1 is 1.45 bits per heavy atom. The van der Waals surface area contributed by atoms with Crippen molar-refractivity contribution in [1.29, 1.82) is 0 Å². The Labute approximate surface area is 146 Å². The minimum Gasteiger partial charge on any atom is -0.377 e. The predicted molar refractivity (Wildman–Crippen MR) is 92.5 cm³/mol. The summed E-state index contributed by atoms with van der Waals surface area (Å²) >= 11 is 11.3. The number of ether oxygens (including phenoxy) is 1. The number of benzene rings is 1. The maximum Gasteiger partial charge on any atom is 0.255 e. The van der Waals surface area contributed by atoms with E-state index in [4.69, 9.17) is 16.3 Å². The van der Waals surface area contributed by atoms with Crippen LogP contribution in [0.1, 0.15) is 23.2 Å². The number of alkyl halides is 1. The van der Waals surface area contributed by atoms with Gasteiger partial charge in [0.15, 0.2) is 0 Å². The number of likely N-dealkylation sites (tertiary alicyclic amines) is 1. The number of carbonyl (C=O) groups is 1. The molecular formula is C14H16BrClINO2. The van der Waals surface area contributed by atoms with Crippen LogP contribution in [-0.2, 0) is 4.74 Å². The van der Waals surface area contributed by atoms with E-state index in [0.717, 1.165) is 39.5 Å². The molecule has 0 N–H and O–H groups in total. The SMILES string of the molecule is O=C(c1cc(I)ccc1Br)N1CCC(OCCCl)CC1. The van der Waals surface area contributed by atoms with Gasteiger partial charge in [0.05, 0.1) is 18.3 Å². The fourth-order valence-corrected chi connectivity index (χ4v) is 3.27. The Hall–Kier alpha value is 0.150. The third-order valence-electron chi connectivity index (χ3n) is 3.32. The Morgan fingerprint density at radius 2 is 2.15 bits per heavy atom. The molecular weight excluding hydrogens is 456 g/mol. The first-order valence-corrected chi connectivity index (χ1v) is 8.94. The van der Waals surface area contributed by atoms with Crippen molar-refractivity contribution in [3.8, 4) is 0 Å². The van der Waals surface area contributed by atoms with Crippen LogP contribution in [-0.4, -0.2) is 42.5 Å². The molecule has 0 aliphatic carbocycles. The van der Waals surface area contributed by atoms with E-state index in [-0.39, 0.29) is 12.0 Å². The Kier molecular flexibility index (Phi) is 6.58. The second-order valence-electron chi connectivity index (χ2n) is 4.68. The predicted octanol–water partition coefficient (Wildman–Crippen LogP) is 3.91. The first-order valence-electron chi connectivity index (χ1n) is 6.53. The molecule has 0 bridgehead atoms. The second-order valence-corrected chi connectivity index (χ2v) is 7.15. The van der Waals surface area contributed by atoms with Gasteiger partial charge in [0.2, 0.25) is 0 Å². The lowest BCUT2D eigenvalue weighted by Crippen LogP contribution is -2.41. The molecule has 1 saturated heterocycles. The lowest BCUT2D eigenvalue weighted by Gasteiger charge is -2.32. The molecule has 0 unspecified atom stereocenters. The molecule has 1 aromatic rings. The lowest BCUT2D eigenvalue weighted by atomic mass is 10.1. The monoisotopic (exact) mass is 471 g/mol. The van der Waals surface area contributed by atoms with E-state index in [2.05, 4.69) is 38.5 Å². The molecule has 1 aromatic carbocycles. The van der Waals surface area contributed by atoms with E-state index in [9.17, 15) is 4.79 Å². The molecule has 1 aliphatic rings. The minimum absolute atomic E-state index is 0.0891. The first-order chi connectivity index (χ1) is 9.61. The van der Waals surface area contributed by atoms with Crippen molar-refractivity contribution in [3.63, 3.8) is 0 Å². The fourth-order valence-electron chi connectivity index (χ4n) is 2.27. The number of hydrogen-bond acceptors (Lipinski definition) is 2. The number of hydrogen-bond donors (Lipinski definition) is 0. The average Bonchev–Trinajstić information content (AvgIpc) is 2.47. The number of halogens is 3. The van der Waals surface area contributed by atoms with Crippen LogP contribution in [0, 0.1) is 3.57 Å². The van der Waals surface area contributed by atoms with Crippen molar-refractivity contribution in [3.05, 3.63) is 31.8 Å². The Morgan fingerprint density at radius 3 is 2.80 bits per heavy atom. The molecule has 1 amide bonds. The smallest absolute Gasteiger partial charge is 0.255 e. The molecule has 0 aromatic heterocycles. The molecule has 0 saturated carbocycles. The normalized spacial score (nSPS) is 16.4. The van der Waals surface area contributed by atoms with Crippen LogP contribution < -0.4 is 0 Å². The van der Waals surface area contributed by atoms with Crippen LogP contribution in [0.5, 0.6) is 0 Å². The molecule has 0 spiro atoms. The van der Waals surface area contributed by atoms with Gasteiger partial charge < -0.3 is 9.64 Å². The van der Waals surface area contributed by atoms with Crippen LogP contribution in [0.4, 0.5) is 0 Å². The van der Waals surface area contributed by atoms with Gasteiger partial charge in [-0.25, -0.2) is 0 Å². The molecule has 110 valence electrons. The third-order valence-corrected chi connectivity index (χ3v) is 4.84. The van der Waals surface area contributed by atoms with Crippen LogP contribution in [0.25, 0.3) is 0 Å². The van der Waals surface area contributed by atoms with Crippen molar-refractivity contribution in [2.75, 3.05) is 25.6 Å². The van der Waals surface area contributed by atoms with Gasteiger partial charge in [0.1, 0.15) is 0 Å². The number of piperidine rings is 1. The van der Waals surface area contributed by atoms with Gasteiger partial charge in [-0.2, -0.15) is 0 Å². The van der Waals surface area contributed by atoms with Gasteiger partial charge in [0, 0.05) is 27.0 Å². The molecule has 0 atom stereocenters. The highest BCUT2D eigenvalue weighted by Gasteiger charge is 2.25. The molecule has 3 nitrogen and oxygen atoms in total. The molecule has 2 rings (SSSR count). The van der Waals surface area contributed by atoms with Gasteiger partial charge in [-0.1, -0.05) is 0 Å². The maximum atomic E-state index is 12.5. The summed E-state index contributed by atoms with van der Waals surface area (Å²) in [5.41, 5.74) is 0.733. The van der Waals surface area contributed by atoms with Gasteiger partial charge in [-0.05, 0) is 69.6 Å². The van der Waals surface area contributed by atoms with Gasteiger partial charge in [0.25, 0.3) is 5.91 Å². The van der Waals surface area contributed by atoms with E-state index >= 15 is 0 Å². The summed E-state index contributed by atoms with van der Waals surface area (Å²) in [4.78, 5) is 14.4. The lowest BCUT2D eigenvalue weighted by molar-refractivity contribution is 0.0154. The summed E-state index contributed by atoms with van der Waals surface area (Å²) in [6.07, 6.45) is 1.99. The third kappa shape index (κ3) is 4.32. The molecule has 20 heavy (non-hydrogen) atoms. The fraction of sp³-hybridized carbons (Fsp3) is 0.500. The molecule has 6 heteroatoms. The van der Waals surface area contributed by atoms with E-state index in [1.165, 1.54) is 0 Å². The van der Waals surface area contributed by atoms with Crippen molar-refractivity contribution in [2.24, 2.45) is 0 Å². The summed E-state index contributed by atoms with van der Waals surface area (Å²) in [5, 5.41) is 0. The van der Waals surface area contributed by atoms with Crippen molar-refractivity contribution in [2.45, 2.75) is 18.9 Å². The zero-order valence-corrected chi connectivity index (χ0v) is 15.4. The first kappa shape index (κ1) is 16.5. The van der Waals surface area contributed by atoms with Gasteiger partial charge in [-0.15, -0.1) is 11.6 Å². The largest absolute Gasteiger partial charge is 0.377 e. The zero-order valence-electron chi connectivity index (χ0n) is 10.9. The van der Waals surface area contributed by atoms with E-state index in [1.54, 1.807) is 0 Å². The topological polar surface area (TPSA) is 29.5 Å². The minimum atomic E-state index is 0.0891. The van der Waals surface area contributed by atoms with Crippen LogP contribution in [0.2, 0.25) is 0 Å². The van der Waals surface area contributed by atoms with Gasteiger partial charge >= 0.3 is 0 Å². The van der Waals surface area contributed by atoms with Crippen LogP contribution >= 0.6 is 50.1 Å². The summed E-state index contributed by atoms with van der Waals surface area (Å²) in [7, 11) is 0. The second kappa shape index (κ2) is 7.96. The van der Waals surface area contributed by atoms with E-state index in [1.807, 2.05) is 23.1 Å². The highest BCUT2D eigenvalue weighted by atomic mass is 127. The highest BCUT2D eigenvalue weighted by Crippen LogP contribution is 2.23. The van der Waals surface area contributed by atoms with Crippen molar-refractivity contribution < 1.29 is 9.53 Å². The quantitative estimate of drug-likeness (QED) is 0.491. The molecule has 0 radical (unpaired) electrons. The summed E-state index contributed by atoms with van der Waals surface area (Å²) in [6.45, 7) is 2.07. The van der Waals surface area contributed by atoms with E-state index in [0.29, 0.717) is 12.5 Å². The molecule has 1 aliphatic heterocycles. The Balaban J connectivity index is 1.96.